The summed E-state index contributed by atoms with van der Waals surface area (Å²) in [6.45, 7) is 19.4. The molecule has 0 radical (unpaired) electrons. The number of hydrogen-bond donors (Lipinski definition) is 1. The van der Waals surface area contributed by atoms with Crippen molar-refractivity contribution in [3.05, 3.63) is 12.7 Å². The maximum atomic E-state index is 5.86. The quantitative estimate of drug-likeness (QED) is 0.320. The van der Waals surface area contributed by atoms with Crippen molar-refractivity contribution in [2.24, 2.45) is 4.99 Å². The first-order valence-electron chi connectivity index (χ1n) is 9.31. The van der Waals surface area contributed by atoms with Gasteiger partial charge in [-0.2, -0.15) is 0 Å². The molecule has 1 N–H and O–H groups in total. The van der Waals surface area contributed by atoms with Gasteiger partial charge in [-0.05, 0) is 47.5 Å². The molecule has 0 aromatic rings. The number of ether oxygens (including phenoxy) is 1. The molecule has 2 unspecified atom stereocenters. The lowest BCUT2D eigenvalue weighted by molar-refractivity contribution is -0.0939. The molecular formula is C19H38N4O. The lowest BCUT2D eigenvalue weighted by Crippen LogP contribution is -2.56. The Morgan fingerprint density at radius 2 is 2.00 bits per heavy atom. The van der Waals surface area contributed by atoms with Crippen LogP contribution in [0.5, 0.6) is 0 Å². The molecule has 0 aliphatic carbocycles. The highest BCUT2D eigenvalue weighted by atomic mass is 16.5. The molecule has 0 aromatic heterocycles. The molecule has 1 saturated heterocycles. The van der Waals surface area contributed by atoms with Gasteiger partial charge in [0.1, 0.15) is 0 Å². The number of aliphatic imine (C=N–C) groups is 1. The third-order valence-electron chi connectivity index (χ3n) is 4.49. The van der Waals surface area contributed by atoms with Crippen molar-refractivity contribution in [1.29, 1.82) is 0 Å². The van der Waals surface area contributed by atoms with Crippen molar-refractivity contribution in [3.8, 4) is 0 Å². The maximum Gasteiger partial charge on any atom is 0.193 e. The number of nitrogens with one attached hydrogen (secondary N) is 1. The number of hydrogen-bond acceptors (Lipinski definition) is 3. The number of allylic oxidation sites excluding steroid dienone is 1. The van der Waals surface area contributed by atoms with Crippen LogP contribution < -0.4 is 5.32 Å². The SMILES string of the molecule is C=CCCCN(C)C(=NCC(C)(C)N1CC(C)OC(C)C1)NCC. The molecule has 0 spiro atoms. The minimum atomic E-state index is 0.0227. The van der Waals surface area contributed by atoms with E-state index in [0.717, 1.165) is 51.5 Å². The Hall–Kier alpha value is -1.07. The van der Waals surface area contributed by atoms with Crippen molar-refractivity contribution in [1.82, 2.24) is 15.1 Å². The van der Waals surface area contributed by atoms with E-state index in [4.69, 9.17) is 9.73 Å². The summed E-state index contributed by atoms with van der Waals surface area (Å²) in [5, 5.41) is 3.41. The normalized spacial score (nSPS) is 23.2. The molecule has 1 aliphatic heterocycles. The topological polar surface area (TPSA) is 40.1 Å². The van der Waals surface area contributed by atoms with Crippen LogP contribution in [0.15, 0.2) is 17.6 Å². The highest BCUT2D eigenvalue weighted by Crippen LogP contribution is 2.21. The molecule has 0 saturated carbocycles. The zero-order valence-electron chi connectivity index (χ0n) is 16.6. The second kappa shape index (κ2) is 10.0. The van der Waals surface area contributed by atoms with E-state index >= 15 is 0 Å². The van der Waals surface area contributed by atoms with E-state index in [2.05, 4.69) is 63.4 Å². The van der Waals surface area contributed by atoms with Crippen LogP contribution in [0, 0.1) is 0 Å². The van der Waals surface area contributed by atoms with Gasteiger partial charge in [-0.25, -0.2) is 0 Å². The smallest absolute Gasteiger partial charge is 0.193 e. The number of guanidine groups is 1. The van der Waals surface area contributed by atoms with Crippen LogP contribution in [0.4, 0.5) is 0 Å². The van der Waals surface area contributed by atoms with Gasteiger partial charge in [0, 0.05) is 38.8 Å². The average molecular weight is 339 g/mol. The molecule has 1 fully saturated rings. The van der Waals surface area contributed by atoms with Gasteiger partial charge < -0.3 is 15.0 Å². The molecule has 0 amide bonds. The molecule has 1 rings (SSSR count). The van der Waals surface area contributed by atoms with Crippen LogP contribution in [0.25, 0.3) is 0 Å². The molecule has 140 valence electrons. The Labute approximate surface area is 149 Å². The van der Waals surface area contributed by atoms with E-state index in [1.54, 1.807) is 0 Å². The Morgan fingerprint density at radius 3 is 2.54 bits per heavy atom. The summed E-state index contributed by atoms with van der Waals surface area (Å²) in [6, 6.07) is 0. The fourth-order valence-corrected chi connectivity index (χ4v) is 3.09. The molecule has 1 aliphatic rings. The Morgan fingerprint density at radius 1 is 1.38 bits per heavy atom. The van der Waals surface area contributed by atoms with Crippen molar-refractivity contribution in [2.75, 3.05) is 39.8 Å². The highest BCUT2D eigenvalue weighted by molar-refractivity contribution is 5.79. The second-order valence-electron chi connectivity index (χ2n) is 7.50. The molecule has 1 heterocycles. The van der Waals surface area contributed by atoms with E-state index in [1.807, 2.05) is 6.08 Å². The Bertz CT molecular complexity index is 398. The molecule has 0 bridgehead atoms. The number of rotatable bonds is 8. The van der Waals surface area contributed by atoms with Crippen molar-refractivity contribution >= 4 is 5.96 Å². The van der Waals surface area contributed by atoms with Crippen LogP contribution in [-0.2, 0) is 4.74 Å². The largest absolute Gasteiger partial charge is 0.373 e. The summed E-state index contributed by atoms with van der Waals surface area (Å²) >= 11 is 0. The zero-order valence-corrected chi connectivity index (χ0v) is 16.6. The van der Waals surface area contributed by atoms with Gasteiger partial charge in [0.15, 0.2) is 5.96 Å². The van der Waals surface area contributed by atoms with E-state index in [9.17, 15) is 0 Å². The van der Waals surface area contributed by atoms with Crippen molar-refractivity contribution in [3.63, 3.8) is 0 Å². The first kappa shape index (κ1) is 21.0. The van der Waals surface area contributed by atoms with Crippen LogP contribution in [0.2, 0.25) is 0 Å². The number of unbranched alkanes of at least 4 members (excludes halogenated alkanes) is 1. The molecule has 5 nitrogen and oxygen atoms in total. The van der Waals surface area contributed by atoms with Crippen LogP contribution >= 0.6 is 0 Å². The lowest BCUT2D eigenvalue weighted by atomic mass is 10.0. The van der Waals surface area contributed by atoms with Gasteiger partial charge in [0.05, 0.1) is 18.8 Å². The molecule has 5 heteroatoms. The highest BCUT2D eigenvalue weighted by Gasteiger charge is 2.33. The fraction of sp³-hybridized carbons (Fsp3) is 0.842. The minimum Gasteiger partial charge on any atom is -0.373 e. The second-order valence-corrected chi connectivity index (χ2v) is 7.50. The third-order valence-corrected chi connectivity index (χ3v) is 4.49. The first-order valence-corrected chi connectivity index (χ1v) is 9.31. The molecule has 0 aromatic carbocycles. The van der Waals surface area contributed by atoms with E-state index in [-0.39, 0.29) is 17.7 Å². The van der Waals surface area contributed by atoms with Gasteiger partial charge in [0.2, 0.25) is 0 Å². The molecule has 24 heavy (non-hydrogen) atoms. The van der Waals surface area contributed by atoms with Crippen LogP contribution in [0.1, 0.15) is 47.5 Å². The number of nitrogens with zero attached hydrogens (tertiary/aromatic N) is 3. The summed E-state index contributed by atoms with van der Waals surface area (Å²) in [6.07, 6.45) is 4.69. The first-order chi connectivity index (χ1) is 11.3. The summed E-state index contributed by atoms with van der Waals surface area (Å²) in [5.41, 5.74) is 0.0227. The average Bonchev–Trinajstić information content (AvgIpc) is 2.50. The van der Waals surface area contributed by atoms with E-state index < -0.39 is 0 Å². The Kier molecular flexibility index (Phi) is 8.78. The number of morpholine rings is 1. The summed E-state index contributed by atoms with van der Waals surface area (Å²) < 4.78 is 5.86. The monoisotopic (exact) mass is 338 g/mol. The summed E-state index contributed by atoms with van der Waals surface area (Å²) in [4.78, 5) is 9.64. The Balaban J connectivity index is 2.69. The lowest BCUT2D eigenvalue weighted by Gasteiger charge is -2.44. The van der Waals surface area contributed by atoms with E-state index in [1.165, 1.54) is 0 Å². The minimum absolute atomic E-state index is 0.0227. The summed E-state index contributed by atoms with van der Waals surface area (Å²) in [7, 11) is 2.11. The van der Waals surface area contributed by atoms with Gasteiger partial charge in [-0.1, -0.05) is 6.08 Å². The van der Waals surface area contributed by atoms with Gasteiger partial charge >= 0.3 is 0 Å². The standard InChI is InChI=1S/C19H38N4O/c1-8-10-11-12-22(7)18(20-9-2)21-15-19(5,6)23-13-16(3)24-17(4)14-23/h8,16-17H,1,9-15H2,2-7H3,(H,20,21). The van der Waals surface area contributed by atoms with Crippen molar-refractivity contribution in [2.45, 2.75) is 65.2 Å². The van der Waals surface area contributed by atoms with Gasteiger partial charge in [-0.15, -0.1) is 6.58 Å². The predicted octanol–water partition coefficient (Wildman–Crippen LogP) is 2.74. The molecular weight excluding hydrogens is 300 g/mol. The summed E-state index contributed by atoms with van der Waals surface area (Å²) in [5.74, 6) is 0.990. The van der Waals surface area contributed by atoms with E-state index in [0.29, 0.717) is 0 Å². The third kappa shape index (κ3) is 6.81. The molecule has 2 atom stereocenters. The fourth-order valence-electron chi connectivity index (χ4n) is 3.09. The van der Waals surface area contributed by atoms with Crippen LogP contribution in [-0.4, -0.2) is 73.3 Å². The zero-order chi connectivity index (χ0) is 18.2. The van der Waals surface area contributed by atoms with Gasteiger partial charge in [0.25, 0.3) is 0 Å². The van der Waals surface area contributed by atoms with Crippen LogP contribution in [0.3, 0.4) is 0 Å². The van der Waals surface area contributed by atoms with Crippen molar-refractivity contribution < 1.29 is 4.74 Å². The van der Waals surface area contributed by atoms with Gasteiger partial charge in [-0.3, -0.25) is 9.89 Å². The maximum absolute atomic E-state index is 5.86. The predicted molar refractivity (Wildman–Crippen MR) is 104 cm³/mol.